The summed E-state index contributed by atoms with van der Waals surface area (Å²) in [5, 5.41) is 0. The number of hydrogen-bond acceptors (Lipinski definition) is 6. The average molecular weight is 915 g/mol. The Labute approximate surface area is 392 Å². The van der Waals surface area contributed by atoms with E-state index in [-0.39, 0.29) is 25.8 Å². The summed E-state index contributed by atoms with van der Waals surface area (Å²) in [4.78, 5) is 23.0. The highest BCUT2D eigenvalue weighted by Gasteiger charge is 2.26. The number of phosphoric acid groups is 1. The molecule has 8 nitrogen and oxygen atoms in total. The standard InChI is InChI=1S/C54H108NO7P/c1-6-8-10-12-14-16-18-20-22-24-26-28-29-31-33-35-37-39-41-43-45-47-54(56)62-53(52-61-63(57,58)60-50-48-55(3,4)5)51-59-49-46-44-42-40-38-36-34-32-30-27-25-23-21-19-17-15-13-11-9-7-2/h24,26,53H,6-23,25,27-52H2,1-5H3/p+1/b26-24-. The molecule has 0 heterocycles. The molecule has 0 aromatic rings. The van der Waals surface area contributed by atoms with Crippen molar-refractivity contribution < 1.29 is 37.3 Å². The van der Waals surface area contributed by atoms with E-state index in [0.717, 1.165) is 32.1 Å². The van der Waals surface area contributed by atoms with Crippen LogP contribution in [-0.4, -0.2) is 75.6 Å². The number of carbonyl (C=O) groups is 1. The Balaban J connectivity index is 4.07. The van der Waals surface area contributed by atoms with Crippen LogP contribution in [-0.2, 0) is 27.9 Å². The largest absolute Gasteiger partial charge is 0.472 e. The predicted octanol–water partition coefficient (Wildman–Crippen LogP) is 17.0. The second-order valence-electron chi connectivity index (χ2n) is 20.0. The SMILES string of the molecule is CCCCCCCCCC/C=C\CCCCCCCCCCCC(=O)OC(COCCCCCCCCCCCCCCCCCCCCCC)COP(=O)(O)OCC[N+](C)(C)C. The molecular formula is C54H109NO7P+. The van der Waals surface area contributed by atoms with E-state index in [2.05, 4.69) is 26.0 Å². The number of carbonyl (C=O) groups excluding carboxylic acids is 1. The molecule has 0 aliphatic carbocycles. The number of hydrogen-bond donors (Lipinski definition) is 1. The van der Waals surface area contributed by atoms with Gasteiger partial charge in [-0.25, -0.2) is 4.57 Å². The summed E-state index contributed by atoms with van der Waals surface area (Å²) in [7, 11) is 1.68. The predicted molar refractivity (Wildman–Crippen MR) is 270 cm³/mol. The minimum atomic E-state index is -4.28. The van der Waals surface area contributed by atoms with Crippen molar-refractivity contribution in [3.8, 4) is 0 Å². The summed E-state index contributed by atoms with van der Waals surface area (Å²) in [5.74, 6) is -0.309. The number of unbranched alkanes of at least 4 members (excludes halogenated alkanes) is 36. The second-order valence-corrected chi connectivity index (χ2v) is 21.4. The van der Waals surface area contributed by atoms with Gasteiger partial charge in [0.25, 0.3) is 0 Å². The minimum absolute atomic E-state index is 0.0920. The Morgan fingerprint density at radius 2 is 0.825 bits per heavy atom. The van der Waals surface area contributed by atoms with Crippen LogP contribution in [0.2, 0.25) is 0 Å². The highest BCUT2D eigenvalue weighted by Crippen LogP contribution is 2.43. The third-order valence-electron chi connectivity index (χ3n) is 12.3. The molecule has 0 fully saturated rings. The van der Waals surface area contributed by atoms with Gasteiger partial charge in [-0.15, -0.1) is 0 Å². The number of ether oxygens (including phenoxy) is 2. The molecule has 63 heavy (non-hydrogen) atoms. The molecule has 0 aliphatic rings. The maximum absolute atomic E-state index is 12.8. The Kier molecular flexibility index (Phi) is 47.1. The molecule has 376 valence electrons. The van der Waals surface area contributed by atoms with Crippen molar-refractivity contribution in [2.24, 2.45) is 0 Å². The Morgan fingerprint density at radius 1 is 0.476 bits per heavy atom. The van der Waals surface area contributed by atoms with E-state index < -0.39 is 13.9 Å². The lowest BCUT2D eigenvalue weighted by Crippen LogP contribution is -2.37. The van der Waals surface area contributed by atoms with Gasteiger partial charge in [0.15, 0.2) is 0 Å². The van der Waals surface area contributed by atoms with Crippen molar-refractivity contribution in [2.45, 2.75) is 277 Å². The third-order valence-corrected chi connectivity index (χ3v) is 13.3. The zero-order valence-electron chi connectivity index (χ0n) is 42.8. The fraction of sp³-hybridized carbons (Fsp3) is 0.944. The number of allylic oxidation sites excluding steroid dienone is 2. The smallest absolute Gasteiger partial charge is 0.457 e. The second kappa shape index (κ2) is 47.7. The molecule has 0 radical (unpaired) electrons. The van der Waals surface area contributed by atoms with Crippen molar-refractivity contribution in [3.63, 3.8) is 0 Å². The van der Waals surface area contributed by atoms with Crippen LogP contribution in [0.4, 0.5) is 0 Å². The van der Waals surface area contributed by atoms with Crippen molar-refractivity contribution in [1.29, 1.82) is 0 Å². The van der Waals surface area contributed by atoms with Gasteiger partial charge in [-0.05, 0) is 38.5 Å². The van der Waals surface area contributed by atoms with Gasteiger partial charge >= 0.3 is 13.8 Å². The lowest BCUT2D eigenvalue weighted by atomic mass is 10.0. The summed E-state index contributed by atoms with van der Waals surface area (Å²) < 4.78 is 35.2. The van der Waals surface area contributed by atoms with Gasteiger partial charge in [0.1, 0.15) is 19.3 Å². The Morgan fingerprint density at radius 3 is 1.21 bits per heavy atom. The maximum atomic E-state index is 12.8. The van der Waals surface area contributed by atoms with Crippen LogP contribution < -0.4 is 0 Å². The van der Waals surface area contributed by atoms with E-state index in [0.29, 0.717) is 24.1 Å². The van der Waals surface area contributed by atoms with E-state index in [4.69, 9.17) is 18.5 Å². The topological polar surface area (TPSA) is 91.3 Å². The number of quaternary nitrogens is 1. The fourth-order valence-electron chi connectivity index (χ4n) is 8.08. The first kappa shape index (κ1) is 62.2. The Hall–Kier alpha value is -0.760. The van der Waals surface area contributed by atoms with Crippen LogP contribution in [0.5, 0.6) is 0 Å². The van der Waals surface area contributed by atoms with Gasteiger partial charge in [-0.2, -0.15) is 0 Å². The monoisotopic (exact) mass is 915 g/mol. The molecule has 0 amide bonds. The van der Waals surface area contributed by atoms with E-state index >= 15 is 0 Å². The van der Waals surface area contributed by atoms with Crippen molar-refractivity contribution in [1.82, 2.24) is 0 Å². The Bertz CT molecular complexity index is 1020. The first-order valence-corrected chi connectivity index (χ1v) is 28.9. The van der Waals surface area contributed by atoms with E-state index in [1.54, 1.807) is 0 Å². The molecule has 9 heteroatoms. The molecule has 0 saturated heterocycles. The lowest BCUT2D eigenvalue weighted by molar-refractivity contribution is -0.870. The first-order chi connectivity index (χ1) is 30.6. The van der Waals surface area contributed by atoms with Gasteiger partial charge < -0.3 is 18.9 Å². The summed E-state index contributed by atoms with van der Waals surface area (Å²) in [6.45, 7) is 5.69. The van der Waals surface area contributed by atoms with Crippen molar-refractivity contribution >= 4 is 13.8 Å². The van der Waals surface area contributed by atoms with Crippen LogP contribution in [0.25, 0.3) is 0 Å². The molecule has 0 bridgehead atoms. The number of likely N-dealkylation sites (N-methyl/N-ethyl adjacent to an activating group) is 1. The minimum Gasteiger partial charge on any atom is -0.457 e. The number of phosphoric ester groups is 1. The molecular weight excluding hydrogens is 806 g/mol. The van der Waals surface area contributed by atoms with Crippen LogP contribution in [0, 0.1) is 0 Å². The summed E-state index contributed by atoms with van der Waals surface area (Å²) >= 11 is 0. The van der Waals surface area contributed by atoms with Crippen LogP contribution in [0.1, 0.15) is 271 Å². The van der Waals surface area contributed by atoms with Gasteiger partial charge in [-0.3, -0.25) is 13.8 Å². The highest BCUT2D eigenvalue weighted by atomic mass is 31.2. The number of esters is 1. The quantitative estimate of drug-likeness (QED) is 0.0214. The number of nitrogens with zero attached hydrogens (tertiary/aromatic N) is 1. The molecule has 0 spiro atoms. The molecule has 1 N–H and O–H groups in total. The first-order valence-electron chi connectivity index (χ1n) is 27.4. The van der Waals surface area contributed by atoms with E-state index in [1.165, 1.54) is 218 Å². The zero-order chi connectivity index (χ0) is 46.2. The molecule has 0 aliphatic heterocycles. The van der Waals surface area contributed by atoms with E-state index in [9.17, 15) is 14.3 Å². The average Bonchev–Trinajstić information content (AvgIpc) is 3.24. The van der Waals surface area contributed by atoms with Gasteiger partial charge in [0.2, 0.25) is 0 Å². The molecule has 0 aromatic heterocycles. The molecule has 0 aromatic carbocycles. The molecule has 0 saturated carbocycles. The van der Waals surface area contributed by atoms with Gasteiger partial charge in [0.05, 0.1) is 34.4 Å². The third kappa shape index (κ3) is 52.1. The molecule has 2 unspecified atom stereocenters. The normalized spacial score (nSPS) is 13.6. The van der Waals surface area contributed by atoms with Crippen LogP contribution in [0.3, 0.4) is 0 Å². The zero-order valence-corrected chi connectivity index (χ0v) is 43.7. The summed E-state index contributed by atoms with van der Waals surface area (Å²) in [6, 6.07) is 0. The maximum Gasteiger partial charge on any atom is 0.472 e. The summed E-state index contributed by atoms with van der Waals surface area (Å²) in [6.07, 6.45) is 55.5. The summed E-state index contributed by atoms with van der Waals surface area (Å²) in [5.41, 5.74) is 0. The van der Waals surface area contributed by atoms with Crippen molar-refractivity contribution in [2.75, 3.05) is 54.1 Å². The molecule has 2 atom stereocenters. The highest BCUT2D eigenvalue weighted by molar-refractivity contribution is 7.47. The van der Waals surface area contributed by atoms with Gasteiger partial charge in [-0.1, -0.05) is 238 Å². The van der Waals surface area contributed by atoms with E-state index in [1.807, 2.05) is 21.1 Å². The molecule has 0 rings (SSSR count). The van der Waals surface area contributed by atoms with Crippen LogP contribution in [0.15, 0.2) is 12.2 Å². The van der Waals surface area contributed by atoms with Crippen molar-refractivity contribution in [3.05, 3.63) is 12.2 Å². The number of rotatable bonds is 52. The van der Waals surface area contributed by atoms with Gasteiger partial charge in [0, 0.05) is 13.0 Å². The van der Waals surface area contributed by atoms with Crippen LogP contribution >= 0.6 is 7.82 Å². The lowest BCUT2D eigenvalue weighted by Gasteiger charge is -2.24. The fourth-order valence-corrected chi connectivity index (χ4v) is 8.82.